The summed E-state index contributed by atoms with van der Waals surface area (Å²) >= 11 is 9.18. The lowest BCUT2D eigenvalue weighted by molar-refractivity contribution is -0.0385. The molecule has 1 aliphatic rings. The molecule has 1 aromatic rings. The monoisotopic (exact) mass is 350 g/mol. The summed E-state index contributed by atoms with van der Waals surface area (Å²) in [7, 11) is 3.84. The number of ether oxygens (including phenoxy) is 1. The van der Waals surface area contributed by atoms with Gasteiger partial charge in [0.05, 0.1) is 23.8 Å². The molecule has 19 heavy (non-hydrogen) atoms. The molecule has 2 unspecified atom stereocenters. The maximum Gasteiger partial charge on any atom is 0.147 e. The molecule has 3 nitrogen and oxygen atoms in total. The van der Waals surface area contributed by atoms with Crippen LogP contribution in [-0.2, 0) is 4.74 Å². The van der Waals surface area contributed by atoms with Crippen LogP contribution in [0.15, 0.2) is 16.6 Å². The van der Waals surface area contributed by atoms with Crippen LogP contribution in [0.25, 0.3) is 0 Å². The lowest BCUT2D eigenvalue weighted by atomic mass is 9.99. The lowest BCUT2D eigenvalue weighted by Gasteiger charge is -2.35. The van der Waals surface area contributed by atoms with Crippen molar-refractivity contribution in [3.8, 4) is 0 Å². The second-order valence-electron chi connectivity index (χ2n) is 4.70. The third kappa shape index (κ3) is 3.28. The molecule has 0 bridgehead atoms. The van der Waals surface area contributed by atoms with Crippen LogP contribution in [0.1, 0.15) is 11.6 Å². The van der Waals surface area contributed by atoms with Gasteiger partial charge < -0.3 is 15.0 Å². The van der Waals surface area contributed by atoms with Crippen molar-refractivity contribution in [1.82, 2.24) is 10.2 Å². The Kier molecular flexibility index (Phi) is 5.20. The Labute approximate surface area is 126 Å². The maximum absolute atomic E-state index is 14.3. The molecule has 1 saturated heterocycles. The van der Waals surface area contributed by atoms with Gasteiger partial charge in [-0.1, -0.05) is 17.7 Å². The molecule has 1 N–H and O–H groups in total. The predicted octanol–water partition coefficient (Wildman–Crippen LogP) is 2.83. The third-order valence-corrected chi connectivity index (χ3v) is 4.64. The molecule has 6 heteroatoms. The van der Waals surface area contributed by atoms with Gasteiger partial charge in [-0.25, -0.2) is 4.39 Å². The molecule has 0 amide bonds. The molecule has 0 spiro atoms. The number of hydrogen-bond donors (Lipinski definition) is 1. The third-order valence-electron chi connectivity index (χ3n) is 3.38. The summed E-state index contributed by atoms with van der Waals surface area (Å²) in [5.41, 5.74) is 0.538. The number of benzene rings is 1. The van der Waals surface area contributed by atoms with Crippen LogP contribution in [-0.4, -0.2) is 44.8 Å². The Morgan fingerprint density at radius 1 is 1.58 bits per heavy atom. The van der Waals surface area contributed by atoms with Crippen molar-refractivity contribution in [3.05, 3.63) is 33.0 Å². The summed E-state index contributed by atoms with van der Waals surface area (Å²) in [6.07, 6.45) is -0.0875. The van der Waals surface area contributed by atoms with Crippen LogP contribution >= 0.6 is 27.5 Å². The van der Waals surface area contributed by atoms with Gasteiger partial charge in [0.15, 0.2) is 0 Å². The van der Waals surface area contributed by atoms with Gasteiger partial charge in [0.1, 0.15) is 5.82 Å². The molecule has 1 fully saturated rings. The molecule has 2 rings (SSSR count). The highest BCUT2D eigenvalue weighted by molar-refractivity contribution is 9.10. The van der Waals surface area contributed by atoms with Crippen LogP contribution in [0, 0.1) is 5.82 Å². The summed E-state index contributed by atoms with van der Waals surface area (Å²) in [4.78, 5) is 2.18. The van der Waals surface area contributed by atoms with Crippen LogP contribution in [0.2, 0.25) is 5.02 Å². The zero-order valence-electron chi connectivity index (χ0n) is 10.9. The molecule has 0 aromatic heterocycles. The topological polar surface area (TPSA) is 24.5 Å². The normalized spacial score (nSPS) is 22.5. The van der Waals surface area contributed by atoms with Crippen molar-refractivity contribution < 1.29 is 9.13 Å². The molecule has 1 aromatic carbocycles. The van der Waals surface area contributed by atoms with Crippen molar-refractivity contribution in [1.29, 1.82) is 0 Å². The standard InChI is InChI=1S/C13H17BrClFN2O/c1-17-13(10-7-18(2)5-6-19-10)8-3-4-9(14)11(15)12(8)16/h3-4,10,13,17H,5-7H2,1-2H3. The second-order valence-corrected chi connectivity index (χ2v) is 5.93. The average molecular weight is 352 g/mol. The Hall–Kier alpha value is -0.200. The van der Waals surface area contributed by atoms with E-state index in [2.05, 4.69) is 26.1 Å². The van der Waals surface area contributed by atoms with Crippen LogP contribution in [0.5, 0.6) is 0 Å². The zero-order chi connectivity index (χ0) is 14.0. The first-order chi connectivity index (χ1) is 9.04. The highest BCUT2D eigenvalue weighted by Crippen LogP contribution is 2.32. The Morgan fingerprint density at radius 3 is 2.95 bits per heavy atom. The van der Waals surface area contributed by atoms with E-state index >= 15 is 0 Å². The van der Waals surface area contributed by atoms with E-state index in [-0.39, 0.29) is 17.2 Å². The number of likely N-dealkylation sites (N-methyl/N-ethyl adjacent to an activating group) is 2. The molecule has 2 atom stereocenters. The number of nitrogens with zero attached hydrogens (tertiary/aromatic N) is 1. The molecular weight excluding hydrogens is 335 g/mol. The summed E-state index contributed by atoms with van der Waals surface area (Å²) in [6.45, 7) is 2.32. The SMILES string of the molecule is CNC(c1ccc(Br)c(Cl)c1F)C1CN(C)CCO1. The second kappa shape index (κ2) is 6.50. The van der Waals surface area contributed by atoms with Crippen molar-refractivity contribution in [2.24, 2.45) is 0 Å². The van der Waals surface area contributed by atoms with Gasteiger partial charge >= 0.3 is 0 Å². The number of morpholine rings is 1. The fourth-order valence-corrected chi connectivity index (χ4v) is 2.81. The highest BCUT2D eigenvalue weighted by Gasteiger charge is 2.29. The van der Waals surface area contributed by atoms with Gasteiger partial charge in [0.25, 0.3) is 0 Å². The Balaban J connectivity index is 2.29. The molecule has 0 saturated carbocycles. The quantitative estimate of drug-likeness (QED) is 0.848. The van der Waals surface area contributed by atoms with E-state index in [1.807, 2.05) is 7.05 Å². The molecular formula is C13H17BrClFN2O. The van der Waals surface area contributed by atoms with Gasteiger partial charge in [-0.15, -0.1) is 0 Å². The minimum atomic E-state index is -0.396. The molecule has 106 valence electrons. The summed E-state index contributed by atoms with van der Waals surface area (Å²) in [5, 5.41) is 3.24. The van der Waals surface area contributed by atoms with E-state index in [9.17, 15) is 4.39 Å². The fraction of sp³-hybridized carbons (Fsp3) is 0.538. The summed E-state index contributed by atoms with van der Waals surface area (Å²) in [6, 6.07) is 3.29. The van der Waals surface area contributed by atoms with Gasteiger partial charge in [0.2, 0.25) is 0 Å². The smallest absolute Gasteiger partial charge is 0.147 e. The minimum Gasteiger partial charge on any atom is -0.374 e. The van der Waals surface area contributed by atoms with E-state index in [1.54, 1.807) is 19.2 Å². The van der Waals surface area contributed by atoms with E-state index in [1.165, 1.54) is 0 Å². The van der Waals surface area contributed by atoms with Crippen LogP contribution < -0.4 is 5.32 Å². The molecule has 1 aliphatic heterocycles. The van der Waals surface area contributed by atoms with E-state index in [0.717, 1.165) is 13.1 Å². The van der Waals surface area contributed by atoms with E-state index < -0.39 is 5.82 Å². The van der Waals surface area contributed by atoms with E-state index in [0.29, 0.717) is 16.6 Å². The van der Waals surface area contributed by atoms with Gasteiger partial charge in [-0.3, -0.25) is 0 Å². The first kappa shape index (κ1) is 15.2. The van der Waals surface area contributed by atoms with Gasteiger partial charge in [-0.05, 0) is 36.1 Å². The lowest BCUT2D eigenvalue weighted by Crippen LogP contribution is -2.46. The molecule has 0 aliphatic carbocycles. The number of nitrogens with one attached hydrogen (secondary N) is 1. The number of rotatable bonds is 3. The van der Waals surface area contributed by atoms with Crippen molar-refractivity contribution in [2.45, 2.75) is 12.1 Å². The molecule has 0 radical (unpaired) electrons. The van der Waals surface area contributed by atoms with Crippen molar-refractivity contribution in [3.63, 3.8) is 0 Å². The highest BCUT2D eigenvalue weighted by atomic mass is 79.9. The number of hydrogen-bond acceptors (Lipinski definition) is 3. The Bertz CT molecular complexity index is 461. The summed E-state index contributed by atoms with van der Waals surface area (Å²) in [5.74, 6) is -0.396. The van der Waals surface area contributed by atoms with Gasteiger partial charge in [-0.2, -0.15) is 0 Å². The maximum atomic E-state index is 14.3. The van der Waals surface area contributed by atoms with Crippen molar-refractivity contribution >= 4 is 27.5 Å². The van der Waals surface area contributed by atoms with E-state index in [4.69, 9.17) is 16.3 Å². The largest absolute Gasteiger partial charge is 0.374 e. The fourth-order valence-electron chi connectivity index (χ4n) is 2.34. The first-order valence-electron chi connectivity index (χ1n) is 6.15. The van der Waals surface area contributed by atoms with Gasteiger partial charge in [0, 0.05) is 23.1 Å². The number of halogens is 3. The first-order valence-corrected chi connectivity index (χ1v) is 7.32. The zero-order valence-corrected chi connectivity index (χ0v) is 13.3. The predicted molar refractivity (Wildman–Crippen MR) is 78.1 cm³/mol. The minimum absolute atomic E-state index is 0.0875. The average Bonchev–Trinajstić information content (AvgIpc) is 2.40. The van der Waals surface area contributed by atoms with Crippen LogP contribution in [0.4, 0.5) is 4.39 Å². The Morgan fingerprint density at radius 2 is 2.32 bits per heavy atom. The molecule has 1 heterocycles. The van der Waals surface area contributed by atoms with Crippen LogP contribution in [0.3, 0.4) is 0 Å². The van der Waals surface area contributed by atoms with Crippen molar-refractivity contribution in [2.75, 3.05) is 33.8 Å². The summed E-state index contributed by atoms with van der Waals surface area (Å²) < 4.78 is 20.6.